The van der Waals surface area contributed by atoms with Crippen LogP contribution in [0.15, 0.2) is 0 Å². The lowest BCUT2D eigenvalue weighted by molar-refractivity contribution is -0.0211. The number of hydrogen-bond acceptors (Lipinski definition) is 7. The van der Waals surface area contributed by atoms with E-state index in [1.165, 1.54) is 0 Å². The number of rotatable bonds is 23. The zero-order valence-corrected chi connectivity index (χ0v) is 17.9. The molecular weight excluding hydrogens is 376 g/mol. The third-order valence-corrected chi connectivity index (χ3v) is 3.71. The number of hydrogen-bond donors (Lipinski definition) is 0. The third-order valence-electron chi connectivity index (χ3n) is 3.55. The highest BCUT2D eigenvalue weighted by atomic mass is 35.5. The highest BCUT2D eigenvalue weighted by molar-refractivity contribution is 6.17. The van der Waals surface area contributed by atoms with Crippen molar-refractivity contribution < 1.29 is 33.2 Å². The van der Waals surface area contributed by atoms with Crippen molar-refractivity contribution in [3.05, 3.63) is 0 Å². The molecule has 0 aliphatic carbocycles. The summed E-state index contributed by atoms with van der Waals surface area (Å²) in [5, 5.41) is 0. The van der Waals surface area contributed by atoms with E-state index >= 15 is 0 Å². The predicted molar refractivity (Wildman–Crippen MR) is 106 cm³/mol. The summed E-state index contributed by atoms with van der Waals surface area (Å²) in [7, 11) is 0. The van der Waals surface area contributed by atoms with E-state index in [1.54, 1.807) is 0 Å². The van der Waals surface area contributed by atoms with Crippen LogP contribution in [0.5, 0.6) is 0 Å². The summed E-state index contributed by atoms with van der Waals surface area (Å²) in [6.07, 6.45) is 1.14. The lowest BCUT2D eigenvalue weighted by atomic mass is 10.1. The standard InChI is InChI=1S/C19H39ClO7/c1-3-19(2)18-27-17-16-26-15-14-25-13-12-24-11-10-23-9-8-22-7-6-21-5-4-20/h19H,3-18H2,1-2H3. The monoisotopic (exact) mass is 414 g/mol. The maximum absolute atomic E-state index is 5.50. The Hall–Kier alpha value is 0.01000. The van der Waals surface area contributed by atoms with Gasteiger partial charge in [0.2, 0.25) is 0 Å². The van der Waals surface area contributed by atoms with Crippen molar-refractivity contribution in [2.45, 2.75) is 20.3 Å². The van der Waals surface area contributed by atoms with Crippen LogP contribution in [0.1, 0.15) is 20.3 Å². The van der Waals surface area contributed by atoms with E-state index in [-0.39, 0.29) is 0 Å². The second kappa shape index (κ2) is 24.0. The van der Waals surface area contributed by atoms with Gasteiger partial charge in [0.1, 0.15) is 0 Å². The van der Waals surface area contributed by atoms with Crippen molar-refractivity contribution in [1.82, 2.24) is 0 Å². The van der Waals surface area contributed by atoms with Gasteiger partial charge in [0.25, 0.3) is 0 Å². The molecule has 0 heterocycles. The molecule has 0 rings (SSSR count). The Morgan fingerprint density at radius 2 is 0.815 bits per heavy atom. The molecule has 0 aromatic rings. The first-order chi connectivity index (χ1) is 13.3. The van der Waals surface area contributed by atoms with E-state index < -0.39 is 0 Å². The van der Waals surface area contributed by atoms with E-state index in [4.69, 9.17) is 44.8 Å². The second-order valence-corrected chi connectivity index (χ2v) is 6.33. The van der Waals surface area contributed by atoms with Gasteiger partial charge in [0.15, 0.2) is 0 Å². The molecule has 164 valence electrons. The molecule has 0 aromatic heterocycles. The molecular formula is C19H39ClO7. The van der Waals surface area contributed by atoms with Gasteiger partial charge < -0.3 is 33.2 Å². The van der Waals surface area contributed by atoms with Gasteiger partial charge in [-0.15, -0.1) is 11.6 Å². The topological polar surface area (TPSA) is 64.6 Å². The van der Waals surface area contributed by atoms with Crippen LogP contribution in [0.3, 0.4) is 0 Å². The molecule has 0 saturated heterocycles. The molecule has 27 heavy (non-hydrogen) atoms. The SMILES string of the molecule is CCC(C)COCCOCCOCCOCCOCCOCCOCCCl. The summed E-state index contributed by atoms with van der Waals surface area (Å²) in [4.78, 5) is 0. The summed E-state index contributed by atoms with van der Waals surface area (Å²) in [6.45, 7) is 12.5. The Balaban J connectivity index is 2.99. The Morgan fingerprint density at radius 3 is 1.11 bits per heavy atom. The van der Waals surface area contributed by atoms with Crippen LogP contribution >= 0.6 is 11.6 Å². The van der Waals surface area contributed by atoms with Crippen molar-refractivity contribution in [2.75, 3.05) is 98.4 Å². The molecule has 0 spiro atoms. The summed E-state index contributed by atoms with van der Waals surface area (Å²) in [5.74, 6) is 1.12. The first-order valence-corrected chi connectivity index (χ1v) is 10.4. The predicted octanol–water partition coefficient (Wildman–Crippen LogP) is 2.39. The Morgan fingerprint density at radius 1 is 0.519 bits per heavy atom. The molecule has 0 radical (unpaired) electrons. The average Bonchev–Trinajstić information content (AvgIpc) is 2.68. The smallest absolute Gasteiger partial charge is 0.0701 e. The van der Waals surface area contributed by atoms with Crippen molar-refractivity contribution in [3.8, 4) is 0 Å². The van der Waals surface area contributed by atoms with Gasteiger partial charge in [-0.1, -0.05) is 20.3 Å². The fraction of sp³-hybridized carbons (Fsp3) is 1.00. The minimum absolute atomic E-state index is 0.510. The van der Waals surface area contributed by atoms with Crippen molar-refractivity contribution >= 4 is 11.6 Å². The molecule has 0 amide bonds. The fourth-order valence-corrected chi connectivity index (χ4v) is 1.89. The van der Waals surface area contributed by atoms with E-state index in [9.17, 15) is 0 Å². The van der Waals surface area contributed by atoms with Gasteiger partial charge in [-0.25, -0.2) is 0 Å². The largest absolute Gasteiger partial charge is 0.379 e. The number of halogens is 1. The van der Waals surface area contributed by atoms with Crippen molar-refractivity contribution in [1.29, 1.82) is 0 Å². The van der Waals surface area contributed by atoms with Gasteiger partial charge in [-0.2, -0.15) is 0 Å². The minimum Gasteiger partial charge on any atom is -0.379 e. The number of ether oxygens (including phenoxy) is 7. The molecule has 0 N–H and O–H groups in total. The molecule has 1 unspecified atom stereocenters. The summed E-state index contributed by atoms with van der Waals surface area (Å²) in [5.41, 5.74) is 0. The lowest BCUT2D eigenvalue weighted by Crippen LogP contribution is -2.15. The van der Waals surface area contributed by atoms with Gasteiger partial charge in [-0.3, -0.25) is 0 Å². The zero-order chi connectivity index (χ0) is 19.8. The van der Waals surface area contributed by atoms with Gasteiger partial charge in [0.05, 0.1) is 85.9 Å². The Kier molecular flexibility index (Phi) is 24.1. The van der Waals surface area contributed by atoms with Crippen LogP contribution in [-0.4, -0.2) is 98.4 Å². The Bertz CT molecular complexity index is 272. The van der Waals surface area contributed by atoms with Crippen LogP contribution in [-0.2, 0) is 33.2 Å². The summed E-state index contributed by atoms with van der Waals surface area (Å²) < 4.78 is 37.7. The highest BCUT2D eigenvalue weighted by Crippen LogP contribution is 1.99. The zero-order valence-electron chi connectivity index (χ0n) is 17.1. The van der Waals surface area contributed by atoms with Gasteiger partial charge in [-0.05, 0) is 5.92 Å². The van der Waals surface area contributed by atoms with Gasteiger partial charge in [0, 0.05) is 12.5 Å². The summed E-state index contributed by atoms with van der Waals surface area (Å²) >= 11 is 5.48. The van der Waals surface area contributed by atoms with E-state index in [0.29, 0.717) is 97.7 Å². The van der Waals surface area contributed by atoms with Crippen LogP contribution in [0.2, 0.25) is 0 Å². The second-order valence-electron chi connectivity index (χ2n) is 5.95. The molecule has 0 bridgehead atoms. The molecule has 8 heteroatoms. The highest BCUT2D eigenvalue weighted by Gasteiger charge is 1.98. The van der Waals surface area contributed by atoms with E-state index in [1.807, 2.05) is 0 Å². The molecule has 7 nitrogen and oxygen atoms in total. The third kappa shape index (κ3) is 24.0. The maximum Gasteiger partial charge on any atom is 0.0701 e. The first-order valence-electron chi connectivity index (χ1n) is 9.91. The van der Waals surface area contributed by atoms with E-state index in [0.717, 1.165) is 13.0 Å². The quantitative estimate of drug-likeness (QED) is 0.188. The molecule has 0 aliphatic heterocycles. The molecule has 0 aromatic carbocycles. The lowest BCUT2D eigenvalue weighted by Gasteiger charge is -2.10. The summed E-state index contributed by atoms with van der Waals surface area (Å²) in [6, 6.07) is 0. The normalized spacial score (nSPS) is 12.6. The van der Waals surface area contributed by atoms with Crippen LogP contribution in [0, 0.1) is 5.92 Å². The molecule has 0 fully saturated rings. The molecule has 0 saturated carbocycles. The van der Waals surface area contributed by atoms with Gasteiger partial charge >= 0.3 is 0 Å². The van der Waals surface area contributed by atoms with Crippen LogP contribution in [0.4, 0.5) is 0 Å². The minimum atomic E-state index is 0.510. The Labute approximate surface area is 169 Å². The first kappa shape index (κ1) is 27.0. The number of alkyl halides is 1. The molecule has 0 aliphatic rings. The van der Waals surface area contributed by atoms with Crippen molar-refractivity contribution in [3.63, 3.8) is 0 Å². The average molecular weight is 415 g/mol. The van der Waals surface area contributed by atoms with Crippen molar-refractivity contribution in [2.24, 2.45) is 5.92 Å². The van der Waals surface area contributed by atoms with E-state index in [2.05, 4.69) is 13.8 Å². The molecule has 1 atom stereocenters. The van der Waals surface area contributed by atoms with Crippen LogP contribution < -0.4 is 0 Å². The maximum atomic E-state index is 5.50. The van der Waals surface area contributed by atoms with Crippen LogP contribution in [0.25, 0.3) is 0 Å². The fourth-order valence-electron chi connectivity index (χ4n) is 1.78.